The topological polar surface area (TPSA) is 57.2 Å². The van der Waals surface area contributed by atoms with Gasteiger partial charge >= 0.3 is 0 Å². The predicted molar refractivity (Wildman–Crippen MR) is 102 cm³/mol. The quantitative estimate of drug-likeness (QED) is 0.775. The molecule has 2 aromatic carbocycles. The first-order chi connectivity index (χ1) is 13.1. The second-order valence-electron chi connectivity index (χ2n) is 6.33. The van der Waals surface area contributed by atoms with Crippen molar-refractivity contribution in [1.29, 1.82) is 0 Å². The van der Waals surface area contributed by atoms with E-state index in [4.69, 9.17) is 18.9 Å². The average molecular weight is 371 g/mol. The second kappa shape index (κ2) is 8.20. The third-order valence-corrected chi connectivity index (χ3v) is 4.94. The number of carbonyl (C=O) groups is 1. The number of likely N-dealkylation sites (tertiary alicyclic amines) is 1. The summed E-state index contributed by atoms with van der Waals surface area (Å²) in [6.45, 7) is 0.693. The molecule has 6 heteroatoms. The van der Waals surface area contributed by atoms with Gasteiger partial charge in [-0.1, -0.05) is 0 Å². The molecule has 1 saturated heterocycles. The lowest BCUT2D eigenvalue weighted by Gasteiger charge is -2.27. The summed E-state index contributed by atoms with van der Waals surface area (Å²) in [5.41, 5.74) is 1.53. The largest absolute Gasteiger partial charge is 0.497 e. The van der Waals surface area contributed by atoms with Crippen molar-refractivity contribution in [3.05, 3.63) is 47.5 Å². The van der Waals surface area contributed by atoms with Gasteiger partial charge < -0.3 is 23.8 Å². The first kappa shape index (κ1) is 18.9. The number of benzene rings is 2. The van der Waals surface area contributed by atoms with Crippen molar-refractivity contribution < 1.29 is 23.7 Å². The van der Waals surface area contributed by atoms with E-state index in [0.717, 1.165) is 29.9 Å². The minimum Gasteiger partial charge on any atom is -0.497 e. The number of carbonyl (C=O) groups excluding carboxylic acids is 1. The molecule has 0 radical (unpaired) electrons. The SMILES string of the molecule is COc1ccc(OC)c([C@@H]2CCCN2C(=O)c2ccc(OC)c(OC)c2)c1. The van der Waals surface area contributed by atoms with E-state index >= 15 is 0 Å². The molecule has 0 aromatic heterocycles. The molecule has 1 fully saturated rings. The van der Waals surface area contributed by atoms with E-state index in [0.29, 0.717) is 23.6 Å². The number of ether oxygens (including phenoxy) is 4. The highest BCUT2D eigenvalue weighted by molar-refractivity contribution is 5.95. The maximum atomic E-state index is 13.2. The van der Waals surface area contributed by atoms with Crippen LogP contribution >= 0.6 is 0 Å². The van der Waals surface area contributed by atoms with Gasteiger partial charge in [-0.2, -0.15) is 0 Å². The van der Waals surface area contributed by atoms with Crippen LogP contribution in [-0.4, -0.2) is 45.8 Å². The Labute approximate surface area is 159 Å². The lowest BCUT2D eigenvalue weighted by molar-refractivity contribution is 0.0733. The van der Waals surface area contributed by atoms with Crippen LogP contribution in [0, 0.1) is 0 Å². The van der Waals surface area contributed by atoms with Crippen LogP contribution in [0.2, 0.25) is 0 Å². The summed E-state index contributed by atoms with van der Waals surface area (Å²) in [7, 11) is 6.41. The molecule has 6 nitrogen and oxygen atoms in total. The Morgan fingerprint density at radius 3 is 2.26 bits per heavy atom. The van der Waals surface area contributed by atoms with Gasteiger partial charge in [0.05, 0.1) is 34.5 Å². The zero-order chi connectivity index (χ0) is 19.4. The molecule has 0 bridgehead atoms. The third kappa shape index (κ3) is 3.65. The van der Waals surface area contributed by atoms with Crippen LogP contribution in [0.15, 0.2) is 36.4 Å². The highest BCUT2D eigenvalue weighted by Crippen LogP contribution is 2.40. The van der Waals surface area contributed by atoms with Crippen molar-refractivity contribution in [2.75, 3.05) is 35.0 Å². The van der Waals surface area contributed by atoms with E-state index in [-0.39, 0.29) is 11.9 Å². The van der Waals surface area contributed by atoms with Gasteiger partial charge in [-0.25, -0.2) is 0 Å². The Morgan fingerprint density at radius 2 is 1.59 bits per heavy atom. The van der Waals surface area contributed by atoms with Crippen LogP contribution in [0.4, 0.5) is 0 Å². The first-order valence-corrected chi connectivity index (χ1v) is 8.87. The van der Waals surface area contributed by atoms with E-state index in [1.54, 1.807) is 46.6 Å². The Balaban J connectivity index is 1.94. The third-order valence-electron chi connectivity index (χ3n) is 4.94. The van der Waals surface area contributed by atoms with Crippen LogP contribution < -0.4 is 18.9 Å². The van der Waals surface area contributed by atoms with Crippen LogP contribution in [0.5, 0.6) is 23.0 Å². The molecule has 1 aliphatic rings. The van der Waals surface area contributed by atoms with Crippen molar-refractivity contribution in [1.82, 2.24) is 4.90 Å². The smallest absolute Gasteiger partial charge is 0.254 e. The summed E-state index contributed by atoms with van der Waals surface area (Å²) >= 11 is 0. The molecule has 1 amide bonds. The normalized spacial score (nSPS) is 16.1. The number of methoxy groups -OCH3 is 4. The predicted octanol–water partition coefficient (Wildman–Crippen LogP) is 3.70. The maximum Gasteiger partial charge on any atom is 0.254 e. The maximum absolute atomic E-state index is 13.2. The van der Waals surface area contributed by atoms with Crippen molar-refractivity contribution in [2.45, 2.75) is 18.9 Å². The fraction of sp³-hybridized carbons (Fsp3) is 0.381. The van der Waals surface area contributed by atoms with Crippen molar-refractivity contribution >= 4 is 5.91 Å². The standard InChI is InChI=1S/C21H25NO5/c1-24-15-8-10-18(25-2)16(13-15)17-6-5-11-22(17)21(23)14-7-9-19(26-3)20(12-14)27-4/h7-10,12-13,17H,5-6,11H2,1-4H3/t17-/m0/s1. The summed E-state index contributed by atoms with van der Waals surface area (Å²) in [6, 6.07) is 10.9. The lowest BCUT2D eigenvalue weighted by atomic mass is 10.0. The number of hydrogen-bond acceptors (Lipinski definition) is 5. The minimum atomic E-state index is -0.0596. The molecular formula is C21H25NO5. The van der Waals surface area contributed by atoms with Gasteiger partial charge in [0, 0.05) is 17.7 Å². The fourth-order valence-corrected chi connectivity index (χ4v) is 3.57. The zero-order valence-electron chi connectivity index (χ0n) is 16.2. The van der Waals surface area contributed by atoms with E-state index in [9.17, 15) is 4.79 Å². The molecule has 0 saturated carbocycles. The van der Waals surface area contributed by atoms with Gasteiger partial charge in [-0.05, 0) is 49.2 Å². The molecule has 1 heterocycles. The van der Waals surface area contributed by atoms with Gasteiger partial charge in [0.1, 0.15) is 11.5 Å². The van der Waals surface area contributed by atoms with E-state index < -0.39 is 0 Å². The summed E-state index contributed by atoms with van der Waals surface area (Å²) in [5.74, 6) is 2.60. The summed E-state index contributed by atoms with van der Waals surface area (Å²) < 4.78 is 21.5. The van der Waals surface area contributed by atoms with Crippen molar-refractivity contribution in [2.24, 2.45) is 0 Å². The molecule has 0 N–H and O–H groups in total. The molecule has 1 atom stereocenters. The summed E-state index contributed by atoms with van der Waals surface area (Å²) in [6.07, 6.45) is 1.81. The van der Waals surface area contributed by atoms with Gasteiger partial charge in [0.25, 0.3) is 5.91 Å². The zero-order valence-corrected chi connectivity index (χ0v) is 16.2. The molecule has 27 heavy (non-hydrogen) atoms. The average Bonchev–Trinajstić information content (AvgIpc) is 3.21. The Morgan fingerprint density at radius 1 is 0.889 bits per heavy atom. The highest BCUT2D eigenvalue weighted by Gasteiger charge is 2.33. The van der Waals surface area contributed by atoms with Gasteiger partial charge in [-0.15, -0.1) is 0 Å². The molecule has 2 aromatic rings. The lowest BCUT2D eigenvalue weighted by Crippen LogP contribution is -2.30. The van der Waals surface area contributed by atoms with Crippen LogP contribution in [-0.2, 0) is 0 Å². The van der Waals surface area contributed by atoms with E-state index in [2.05, 4.69) is 0 Å². The Kier molecular flexibility index (Phi) is 5.74. The fourth-order valence-electron chi connectivity index (χ4n) is 3.57. The molecule has 1 aliphatic heterocycles. The second-order valence-corrected chi connectivity index (χ2v) is 6.33. The van der Waals surface area contributed by atoms with Crippen molar-refractivity contribution in [3.8, 4) is 23.0 Å². The molecular weight excluding hydrogens is 346 g/mol. The van der Waals surface area contributed by atoms with Gasteiger partial charge in [0.2, 0.25) is 0 Å². The Bertz CT molecular complexity index is 820. The van der Waals surface area contributed by atoms with Gasteiger partial charge in [0.15, 0.2) is 11.5 Å². The highest BCUT2D eigenvalue weighted by atomic mass is 16.5. The van der Waals surface area contributed by atoms with Crippen LogP contribution in [0.3, 0.4) is 0 Å². The monoisotopic (exact) mass is 371 g/mol. The summed E-state index contributed by atoms with van der Waals surface area (Å²) in [4.78, 5) is 15.1. The van der Waals surface area contributed by atoms with E-state index in [1.165, 1.54) is 0 Å². The molecule has 0 unspecified atom stereocenters. The van der Waals surface area contributed by atoms with E-state index in [1.807, 2.05) is 23.1 Å². The number of amides is 1. The van der Waals surface area contributed by atoms with Gasteiger partial charge in [-0.3, -0.25) is 4.79 Å². The number of rotatable bonds is 6. The number of hydrogen-bond donors (Lipinski definition) is 0. The van der Waals surface area contributed by atoms with Crippen molar-refractivity contribution in [3.63, 3.8) is 0 Å². The first-order valence-electron chi connectivity index (χ1n) is 8.87. The minimum absolute atomic E-state index is 0.0386. The Hall–Kier alpha value is -2.89. The molecule has 144 valence electrons. The number of nitrogens with zero attached hydrogens (tertiary/aromatic N) is 1. The summed E-state index contributed by atoms with van der Waals surface area (Å²) in [5, 5.41) is 0. The molecule has 0 aliphatic carbocycles. The van der Waals surface area contributed by atoms with Crippen LogP contribution in [0.1, 0.15) is 34.8 Å². The molecule has 3 rings (SSSR count). The molecule has 0 spiro atoms. The van der Waals surface area contributed by atoms with Crippen LogP contribution in [0.25, 0.3) is 0 Å².